The van der Waals surface area contributed by atoms with Gasteiger partial charge in [-0.2, -0.15) is 5.10 Å². The highest BCUT2D eigenvalue weighted by molar-refractivity contribution is 7.89. The van der Waals surface area contributed by atoms with E-state index in [1.165, 1.54) is 54.3 Å². The number of piperazine rings is 1. The minimum Gasteiger partial charge on any atom is -0.383 e. The van der Waals surface area contributed by atoms with E-state index < -0.39 is 27.6 Å². The van der Waals surface area contributed by atoms with Crippen LogP contribution in [-0.2, 0) is 33.1 Å². The number of benzene rings is 2. The van der Waals surface area contributed by atoms with Crippen molar-refractivity contribution >= 4 is 45.0 Å². The van der Waals surface area contributed by atoms with Crippen molar-refractivity contribution in [1.82, 2.24) is 34.0 Å². The summed E-state index contributed by atoms with van der Waals surface area (Å²) in [4.78, 5) is 49.5. The number of nitrogens with zero attached hydrogens (tertiary/aromatic N) is 7. The number of primary sulfonamides is 1. The van der Waals surface area contributed by atoms with E-state index in [1.54, 1.807) is 28.5 Å². The second kappa shape index (κ2) is 17.2. The molecule has 2 aromatic heterocycles. The van der Waals surface area contributed by atoms with Crippen LogP contribution in [-0.4, -0.2) is 125 Å². The number of amides is 3. The summed E-state index contributed by atoms with van der Waals surface area (Å²) in [5.74, 6) is -3.43. The summed E-state index contributed by atoms with van der Waals surface area (Å²) >= 11 is 6.53. The van der Waals surface area contributed by atoms with E-state index in [0.717, 1.165) is 0 Å². The summed E-state index contributed by atoms with van der Waals surface area (Å²) < 4.78 is 61.7. The molecule has 0 saturated carbocycles. The van der Waals surface area contributed by atoms with Crippen molar-refractivity contribution in [2.24, 2.45) is 18.1 Å². The van der Waals surface area contributed by atoms with Gasteiger partial charge in [-0.1, -0.05) is 17.7 Å². The lowest BCUT2D eigenvalue weighted by atomic mass is 9.95. The van der Waals surface area contributed by atoms with Gasteiger partial charge in [-0.15, -0.1) is 0 Å². The molecule has 2 saturated heterocycles. The molecule has 3 N–H and O–H groups in total. The number of methoxy groups -OCH3 is 1. The maximum absolute atomic E-state index is 15.5. The predicted molar refractivity (Wildman–Crippen MR) is 205 cm³/mol. The molecule has 4 aromatic rings. The zero-order valence-electron chi connectivity index (χ0n) is 31.3. The summed E-state index contributed by atoms with van der Waals surface area (Å²) in [6.45, 7) is 5.59. The number of sulfonamides is 1. The van der Waals surface area contributed by atoms with Crippen LogP contribution in [0.25, 0.3) is 22.4 Å². The van der Waals surface area contributed by atoms with Crippen molar-refractivity contribution in [2.45, 2.75) is 26.3 Å². The number of carbonyl (C=O) groups is 3. The second-order valence-electron chi connectivity index (χ2n) is 13.9. The number of hydrogen-bond acceptors (Lipinski definition) is 9. The van der Waals surface area contributed by atoms with Crippen molar-refractivity contribution in [2.75, 3.05) is 70.6 Å². The van der Waals surface area contributed by atoms with Gasteiger partial charge in [-0.25, -0.2) is 27.3 Å². The van der Waals surface area contributed by atoms with Crippen LogP contribution in [0, 0.1) is 24.5 Å². The molecule has 19 heteroatoms. The Morgan fingerprint density at radius 1 is 0.946 bits per heavy atom. The molecule has 0 atom stereocenters. The summed E-state index contributed by atoms with van der Waals surface area (Å²) in [6.07, 6.45) is 4.01. The molecule has 2 fully saturated rings. The Labute approximate surface area is 328 Å². The molecule has 0 aliphatic carbocycles. The van der Waals surface area contributed by atoms with Crippen LogP contribution in [0.3, 0.4) is 0 Å². The quantitative estimate of drug-likeness (QED) is 0.217. The van der Waals surface area contributed by atoms with E-state index in [0.29, 0.717) is 83.1 Å². The number of carbonyl (C=O) groups excluding carboxylic acids is 3. The highest BCUT2D eigenvalue weighted by Gasteiger charge is 2.32. The number of halogens is 3. The fraction of sp³-hybridized carbons (Fsp3) is 0.432. The van der Waals surface area contributed by atoms with E-state index in [4.69, 9.17) is 21.5 Å². The first kappa shape index (κ1) is 40.9. The first-order valence-electron chi connectivity index (χ1n) is 18.1. The lowest BCUT2D eigenvalue weighted by Gasteiger charge is -2.38. The van der Waals surface area contributed by atoms with Gasteiger partial charge >= 0.3 is 0 Å². The van der Waals surface area contributed by atoms with Crippen LogP contribution in [0.4, 0.5) is 14.5 Å². The van der Waals surface area contributed by atoms with Gasteiger partial charge in [0, 0.05) is 80.9 Å². The van der Waals surface area contributed by atoms with E-state index in [2.05, 4.69) is 15.4 Å². The third-order valence-electron chi connectivity index (χ3n) is 10.4. The molecular weight excluding hydrogens is 772 g/mol. The van der Waals surface area contributed by atoms with Crippen molar-refractivity contribution in [1.29, 1.82) is 0 Å². The van der Waals surface area contributed by atoms with Gasteiger partial charge in [-0.3, -0.25) is 19.1 Å². The van der Waals surface area contributed by atoms with Gasteiger partial charge in [-0.05, 0) is 57.1 Å². The van der Waals surface area contributed by atoms with Crippen molar-refractivity contribution in [3.05, 3.63) is 76.5 Å². The molecule has 56 heavy (non-hydrogen) atoms. The van der Waals surface area contributed by atoms with Gasteiger partial charge in [0.15, 0.2) is 17.5 Å². The molecule has 0 spiro atoms. The zero-order chi connectivity index (χ0) is 40.3. The Balaban J connectivity index is 1.04. The maximum Gasteiger partial charge on any atom is 0.291 e. The number of hydrogen-bond donors (Lipinski definition) is 2. The lowest BCUT2D eigenvalue weighted by molar-refractivity contribution is -0.138. The molecule has 2 aliphatic heterocycles. The molecule has 300 valence electrons. The van der Waals surface area contributed by atoms with Crippen LogP contribution < -0.4 is 10.5 Å². The van der Waals surface area contributed by atoms with E-state index >= 15 is 8.78 Å². The van der Waals surface area contributed by atoms with E-state index in [9.17, 15) is 22.8 Å². The fourth-order valence-electron chi connectivity index (χ4n) is 7.11. The molecule has 6 rings (SSSR count). The van der Waals surface area contributed by atoms with Gasteiger partial charge in [0.1, 0.15) is 0 Å². The number of piperidine rings is 1. The lowest BCUT2D eigenvalue weighted by Crippen LogP contribution is -2.53. The molecular formula is C37H44ClF2N9O6S. The number of nitrogens with one attached hydrogen (secondary N) is 1. The summed E-state index contributed by atoms with van der Waals surface area (Å²) in [5.41, 5.74) is 1.77. The minimum atomic E-state index is -3.54. The molecule has 0 bridgehead atoms. The van der Waals surface area contributed by atoms with Crippen molar-refractivity contribution in [3.8, 4) is 22.4 Å². The Morgan fingerprint density at radius 3 is 2.27 bits per heavy atom. The molecule has 2 aromatic carbocycles. The largest absolute Gasteiger partial charge is 0.383 e. The molecule has 15 nitrogen and oxygen atoms in total. The van der Waals surface area contributed by atoms with Crippen LogP contribution in [0.15, 0.2) is 42.7 Å². The molecule has 4 heterocycles. The minimum absolute atomic E-state index is 0.0323. The SMILES string of the molecule is COCCn1ncc(-c2ccc(-c3cnc(C(=O)Nc4ccc(C(=O)N5CCN(C(=O)C6CCN(CCS(N)(=O)=O)CC6)CC5)c(Cl)c4)n3C)c(F)c2F)c1C. The number of aromatic nitrogens is 4. The van der Waals surface area contributed by atoms with Crippen molar-refractivity contribution in [3.63, 3.8) is 0 Å². The molecule has 0 unspecified atom stereocenters. The van der Waals surface area contributed by atoms with E-state index in [1.807, 2.05) is 4.90 Å². The third-order valence-corrected chi connectivity index (χ3v) is 11.5. The van der Waals surface area contributed by atoms with Crippen LogP contribution in [0.2, 0.25) is 5.02 Å². The Kier molecular flexibility index (Phi) is 12.5. The van der Waals surface area contributed by atoms with Gasteiger partial charge in [0.25, 0.3) is 11.8 Å². The Hall–Kier alpha value is -4.75. The standard InChI is InChI=1S/C37H44ClF2N9O6S/c1-23-29(21-43-49(23)16-18-55-3)26-6-7-28(33(40)32(26)39)31-22-42-34(45(31)2)35(50)44-25-4-5-27(30(38)20-25)37(52)48-14-12-47(13-15-48)36(51)24-8-10-46(11-9-24)17-19-56(41,53)54/h4-7,20-22,24H,8-19H2,1-3H3,(H,44,50)(H2,41,53,54). The number of likely N-dealkylation sites (tertiary alicyclic amines) is 1. The number of ether oxygens (including phenoxy) is 1. The highest BCUT2D eigenvalue weighted by atomic mass is 35.5. The first-order chi connectivity index (χ1) is 26.7. The highest BCUT2D eigenvalue weighted by Crippen LogP contribution is 2.33. The molecule has 0 radical (unpaired) electrons. The number of imidazole rings is 1. The van der Waals surface area contributed by atoms with Crippen LogP contribution in [0.5, 0.6) is 0 Å². The number of nitrogens with two attached hydrogens (primary N) is 1. The topological polar surface area (TPSA) is 178 Å². The predicted octanol–water partition coefficient (Wildman–Crippen LogP) is 3.37. The maximum atomic E-state index is 15.5. The van der Waals surface area contributed by atoms with E-state index in [-0.39, 0.29) is 62.4 Å². The smallest absolute Gasteiger partial charge is 0.291 e. The summed E-state index contributed by atoms with van der Waals surface area (Å²) in [5, 5.41) is 12.2. The fourth-order valence-corrected chi connectivity index (χ4v) is 7.89. The zero-order valence-corrected chi connectivity index (χ0v) is 32.9. The van der Waals surface area contributed by atoms with Crippen molar-refractivity contribution < 1.29 is 36.3 Å². The number of rotatable bonds is 12. The monoisotopic (exact) mass is 815 g/mol. The van der Waals surface area contributed by atoms with Gasteiger partial charge < -0.3 is 29.3 Å². The second-order valence-corrected chi connectivity index (χ2v) is 16.1. The van der Waals surface area contributed by atoms with Crippen LogP contribution >= 0.6 is 11.6 Å². The number of anilines is 1. The summed E-state index contributed by atoms with van der Waals surface area (Å²) in [6, 6.07) is 7.38. The normalized spacial score (nSPS) is 15.7. The van der Waals surface area contributed by atoms with Crippen LogP contribution in [0.1, 0.15) is 39.5 Å². The van der Waals surface area contributed by atoms with Gasteiger partial charge in [0.2, 0.25) is 15.9 Å². The summed E-state index contributed by atoms with van der Waals surface area (Å²) in [7, 11) is -0.466. The molecule has 3 amide bonds. The average Bonchev–Trinajstić information content (AvgIpc) is 3.74. The molecule has 2 aliphatic rings. The third kappa shape index (κ3) is 8.94. The van der Waals surface area contributed by atoms with Gasteiger partial charge in [0.05, 0.1) is 47.6 Å². The Bertz CT molecular complexity index is 2230. The average molecular weight is 816 g/mol. The Morgan fingerprint density at radius 2 is 1.61 bits per heavy atom. The first-order valence-corrected chi connectivity index (χ1v) is 20.2.